The van der Waals surface area contributed by atoms with Crippen molar-refractivity contribution in [3.8, 4) is 0 Å². The fourth-order valence-corrected chi connectivity index (χ4v) is 6.07. The van der Waals surface area contributed by atoms with Crippen LogP contribution in [0.25, 0.3) is 10.9 Å². The van der Waals surface area contributed by atoms with Crippen molar-refractivity contribution in [3.63, 3.8) is 0 Å². The Bertz CT molecular complexity index is 846. The lowest BCUT2D eigenvalue weighted by molar-refractivity contribution is 0.0888. The third-order valence-corrected chi connectivity index (χ3v) is 7.80. The van der Waals surface area contributed by atoms with Gasteiger partial charge in [-0.15, -0.1) is 0 Å². The average Bonchev–Trinajstić information content (AvgIpc) is 3.06. The molecule has 0 radical (unpaired) electrons. The van der Waals surface area contributed by atoms with Gasteiger partial charge in [0.15, 0.2) is 0 Å². The highest BCUT2D eigenvalue weighted by molar-refractivity contribution is 5.86. The first-order chi connectivity index (χ1) is 14.5. The van der Waals surface area contributed by atoms with Gasteiger partial charge in [-0.05, 0) is 74.1 Å². The van der Waals surface area contributed by atoms with Crippen LogP contribution in [0.2, 0.25) is 0 Å². The molecule has 0 unspecified atom stereocenters. The van der Waals surface area contributed by atoms with Crippen LogP contribution in [0.4, 0.5) is 4.39 Å². The molecule has 4 rings (SSSR count). The van der Waals surface area contributed by atoms with Crippen LogP contribution in [0.3, 0.4) is 0 Å². The smallest absolute Gasteiger partial charge is 0.123 e. The maximum Gasteiger partial charge on any atom is 0.123 e. The Morgan fingerprint density at radius 3 is 2.37 bits per heavy atom. The lowest BCUT2D eigenvalue weighted by atomic mass is 9.79. The largest absolute Gasteiger partial charge is 0.396 e. The van der Waals surface area contributed by atoms with Gasteiger partial charge in [0.2, 0.25) is 0 Å². The number of aliphatic hydroxyl groups is 1. The summed E-state index contributed by atoms with van der Waals surface area (Å²) in [6.07, 6.45) is 8.20. The van der Waals surface area contributed by atoms with E-state index in [4.69, 9.17) is 5.73 Å². The van der Waals surface area contributed by atoms with E-state index in [-0.39, 0.29) is 12.4 Å². The van der Waals surface area contributed by atoms with E-state index >= 15 is 0 Å². The van der Waals surface area contributed by atoms with Gasteiger partial charge in [-0.1, -0.05) is 13.8 Å². The van der Waals surface area contributed by atoms with Gasteiger partial charge in [0.05, 0.1) is 0 Å². The predicted molar refractivity (Wildman–Crippen MR) is 121 cm³/mol. The van der Waals surface area contributed by atoms with Crippen molar-refractivity contribution < 1.29 is 9.50 Å². The van der Waals surface area contributed by atoms with Gasteiger partial charge in [0, 0.05) is 61.3 Å². The van der Waals surface area contributed by atoms with Crippen molar-refractivity contribution >= 4 is 10.9 Å². The second-order valence-corrected chi connectivity index (χ2v) is 9.71. The van der Waals surface area contributed by atoms with E-state index in [2.05, 4.69) is 23.3 Å². The zero-order valence-electron chi connectivity index (χ0n) is 18.6. The summed E-state index contributed by atoms with van der Waals surface area (Å²) in [5, 5.41) is 10.6. The minimum Gasteiger partial charge on any atom is -0.396 e. The molecular formula is C25H38FN3O. The predicted octanol–water partition coefficient (Wildman–Crippen LogP) is 4.63. The number of rotatable bonds is 6. The Morgan fingerprint density at radius 2 is 1.77 bits per heavy atom. The monoisotopic (exact) mass is 415 g/mol. The van der Waals surface area contributed by atoms with Crippen LogP contribution in [0.1, 0.15) is 69.7 Å². The molecule has 1 aliphatic carbocycles. The summed E-state index contributed by atoms with van der Waals surface area (Å²) in [5.74, 6) is 1.49. The minimum atomic E-state index is -0.225. The molecule has 0 atom stereocenters. The lowest BCUT2D eigenvalue weighted by Crippen LogP contribution is -2.44. The third kappa shape index (κ3) is 4.17. The number of aromatic nitrogens is 1. The van der Waals surface area contributed by atoms with Crippen LogP contribution >= 0.6 is 0 Å². The fraction of sp³-hybridized carbons (Fsp3) is 0.680. The highest BCUT2D eigenvalue weighted by atomic mass is 19.1. The van der Waals surface area contributed by atoms with Gasteiger partial charge in [-0.25, -0.2) is 4.39 Å². The maximum absolute atomic E-state index is 14.0. The van der Waals surface area contributed by atoms with E-state index in [1.165, 1.54) is 25.7 Å². The molecule has 166 valence electrons. The molecular weight excluding hydrogens is 377 g/mol. The minimum absolute atomic E-state index is 0.0870. The van der Waals surface area contributed by atoms with Crippen molar-refractivity contribution in [2.75, 3.05) is 19.7 Å². The molecule has 3 N–H and O–H groups in total. The molecule has 1 aromatic heterocycles. The van der Waals surface area contributed by atoms with Gasteiger partial charge in [-0.3, -0.25) is 0 Å². The van der Waals surface area contributed by atoms with Crippen molar-refractivity contribution in [2.45, 2.75) is 77.4 Å². The molecule has 1 aromatic carbocycles. The topological polar surface area (TPSA) is 54.4 Å². The van der Waals surface area contributed by atoms with Gasteiger partial charge in [0.1, 0.15) is 5.82 Å². The Labute approximate surface area is 180 Å². The zero-order valence-corrected chi connectivity index (χ0v) is 18.6. The first-order valence-corrected chi connectivity index (χ1v) is 11.9. The number of halogens is 1. The molecule has 4 nitrogen and oxygen atoms in total. The third-order valence-electron chi connectivity index (χ3n) is 7.80. The van der Waals surface area contributed by atoms with Crippen LogP contribution in [0, 0.1) is 17.7 Å². The van der Waals surface area contributed by atoms with Gasteiger partial charge < -0.3 is 20.3 Å². The van der Waals surface area contributed by atoms with Crippen LogP contribution in [-0.4, -0.2) is 40.3 Å². The second-order valence-electron chi connectivity index (χ2n) is 9.71. The van der Waals surface area contributed by atoms with Crippen LogP contribution < -0.4 is 5.73 Å². The van der Waals surface area contributed by atoms with Crippen molar-refractivity contribution in [1.82, 2.24) is 9.47 Å². The normalized spacial score (nSPS) is 24.2. The number of piperidine rings is 1. The molecule has 1 aliphatic heterocycles. The van der Waals surface area contributed by atoms with Crippen LogP contribution in [0.5, 0.6) is 0 Å². The Balaban J connectivity index is 1.51. The molecule has 1 saturated carbocycles. The van der Waals surface area contributed by atoms with Gasteiger partial charge in [-0.2, -0.15) is 0 Å². The quantitative estimate of drug-likeness (QED) is 0.723. The molecule has 0 bridgehead atoms. The molecule has 2 fully saturated rings. The summed E-state index contributed by atoms with van der Waals surface area (Å²) in [4.78, 5) is 2.72. The summed E-state index contributed by atoms with van der Waals surface area (Å²) in [6, 6.07) is 6.18. The van der Waals surface area contributed by atoms with E-state index < -0.39 is 0 Å². The Hall–Kier alpha value is -1.43. The molecule has 30 heavy (non-hydrogen) atoms. The summed E-state index contributed by atoms with van der Waals surface area (Å²) >= 11 is 0. The van der Waals surface area contributed by atoms with E-state index in [1.54, 1.807) is 12.1 Å². The molecule has 0 spiro atoms. The average molecular weight is 416 g/mol. The molecule has 2 aromatic rings. The van der Waals surface area contributed by atoms with E-state index in [1.807, 2.05) is 6.07 Å². The summed E-state index contributed by atoms with van der Waals surface area (Å²) in [6.45, 7) is 7.44. The number of nitrogens with two attached hydrogens (primary N) is 1. The van der Waals surface area contributed by atoms with Crippen molar-refractivity contribution in [3.05, 3.63) is 35.3 Å². The number of benzene rings is 1. The summed E-state index contributed by atoms with van der Waals surface area (Å²) < 4.78 is 16.3. The highest BCUT2D eigenvalue weighted by Crippen LogP contribution is 2.37. The van der Waals surface area contributed by atoms with Crippen molar-refractivity contribution in [1.29, 1.82) is 0 Å². The van der Waals surface area contributed by atoms with E-state index in [0.29, 0.717) is 19.0 Å². The SMILES string of the molecule is CC(C)C1CCC(N2CCC(n3c(CCO)c(CN)c4cc(F)ccc43)CC2)CC1. The first-order valence-electron chi connectivity index (χ1n) is 11.9. The van der Waals surface area contributed by atoms with Crippen LogP contribution in [0.15, 0.2) is 18.2 Å². The lowest BCUT2D eigenvalue weighted by Gasteiger charge is -2.42. The number of likely N-dealkylation sites (tertiary alicyclic amines) is 1. The molecule has 1 saturated heterocycles. The molecule has 0 amide bonds. The van der Waals surface area contributed by atoms with Crippen LogP contribution in [-0.2, 0) is 13.0 Å². The molecule has 2 heterocycles. The molecule has 2 aliphatic rings. The number of hydrogen-bond acceptors (Lipinski definition) is 3. The summed E-state index contributed by atoms with van der Waals surface area (Å²) in [5.41, 5.74) is 9.22. The van der Waals surface area contributed by atoms with Crippen molar-refractivity contribution in [2.24, 2.45) is 17.6 Å². The number of aliphatic hydroxyl groups excluding tert-OH is 1. The number of hydrogen-bond donors (Lipinski definition) is 2. The first kappa shape index (κ1) is 21.8. The van der Waals surface area contributed by atoms with E-state index in [0.717, 1.165) is 66.0 Å². The number of fused-ring (bicyclic) bond motifs is 1. The van der Waals surface area contributed by atoms with Gasteiger partial charge >= 0.3 is 0 Å². The Kier molecular flexibility index (Phi) is 6.81. The summed E-state index contributed by atoms with van der Waals surface area (Å²) in [7, 11) is 0. The standard InChI is InChI=1S/C25H38FN3O/c1-17(2)18-3-6-20(7-4-18)28-12-9-21(10-13-28)29-24-8-5-19(26)15-22(24)23(16-27)25(29)11-14-30/h5,8,15,17-18,20-21,30H,3-4,6-7,9-14,16,27H2,1-2H3. The zero-order chi connectivity index (χ0) is 21.3. The second kappa shape index (κ2) is 9.37. The van der Waals surface area contributed by atoms with Gasteiger partial charge in [0.25, 0.3) is 0 Å². The fourth-order valence-electron chi connectivity index (χ4n) is 6.07. The highest BCUT2D eigenvalue weighted by Gasteiger charge is 2.31. The van der Waals surface area contributed by atoms with E-state index in [9.17, 15) is 9.50 Å². The number of nitrogens with zero attached hydrogens (tertiary/aromatic N) is 2. The maximum atomic E-state index is 14.0. The molecule has 5 heteroatoms. The Morgan fingerprint density at radius 1 is 1.07 bits per heavy atom.